The Hall–Kier alpha value is -10.6. The first-order chi connectivity index (χ1) is 38.1. The van der Waals surface area contributed by atoms with E-state index in [2.05, 4.69) is 245 Å². The smallest absolute Gasteiger partial charge is 0.160 e. The molecule has 0 aliphatic heterocycles. The second-order valence-corrected chi connectivity index (χ2v) is 19.0. The van der Waals surface area contributed by atoms with E-state index in [-0.39, 0.29) is 0 Å². The Bertz CT molecular complexity index is 4120. The summed E-state index contributed by atoms with van der Waals surface area (Å²) >= 11 is 0. The number of rotatable bonds is 12. The minimum absolute atomic E-state index is 0.621. The summed E-state index contributed by atoms with van der Waals surface area (Å²) in [5.41, 5.74) is 19.5. The van der Waals surface area contributed by atoms with Crippen molar-refractivity contribution < 1.29 is 0 Å². The van der Waals surface area contributed by atoms with Crippen LogP contribution in [0.25, 0.3) is 83.6 Å². The second kappa shape index (κ2) is 20.4. The predicted octanol–water partition coefficient (Wildman–Crippen LogP) is 18.7. The summed E-state index contributed by atoms with van der Waals surface area (Å²) in [5.74, 6) is 0.704. The van der Waals surface area contributed by atoms with Gasteiger partial charge in [0.1, 0.15) is 0 Å². The number of nitrogens with zero attached hydrogens (tertiary/aromatic N) is 6. The number of hydrogen-bond acceptors (Lipinski definition) is 5. The van der Waals surface area contributed by atoms with Crippen LogP contribution in [0.2, 0.25) is 0 Å². The summed E-state index contributed by atoms with van der Waals surface area (Å²) in [7, 11) is 0. The Balaban J connectivity index is 0.850. The molecule has 0 N–H and O–H groups in total. The van der Waals surface area contributed by atoms with E-state index >= 15 is 0 Å². The van der Waals surface area contributed by atoms with Gasteiger partial charge in [0.25, 0.3) is 0 Å². The molecule has 0 saturated heterocycles. The molecule has 13 aromatic rings. The van der Waals surface area contributed by atoms with E-state index in [1.807, 2.05) is 66.7 Å². The van der Waals surface area contributed by atoms with Crippen molar-refractivity contribution >= 4 is 55.9 Å². The van der Waals surface area contributed by atoms with Crippen molar-refractivity contribution in [2.45, 2.75) is 0 Å². The summed E-state index contributed by atoms with van der Waals surface area (Å²) in [4.78, 5) is 14.6. The van der Waals surface area contributed by atoms with Crippen LogP contribution in [0.5, 0.6) is 0 Å². The van der Waals surface area contributed by atoms with E-state index in [1.54, 1.807) is 0 Å². The van der Waals surface area contributed by atoms with Crippen molar-refractivity contribution in [2.24, 2.45) is 0 Å². The highest BCUT2D eigenvalue weighted by molar-refractivity contribution is 6.12. The topological polar surface area (TPSA) is 61.0 Å². The molecule has 13 rings (SSSR count). The third-order valence-corrected chi connectivity index (χ3v) is 14.2. The van der Waals surface area contributed by atoms with Gasteiger partial charge < -0.3 is 14.4 Å². The van der Waals surface area contributed by atoms with Crippen LogP contribution in [0.1, 0.15) is 5.56 Å². The molecular weight excluding hydrogens is 937 g/mol. The molecule has 11 aromatic carbocycles. The molecule has 77 heavy (non-hydrogen) atoms. The van der Waals surface area contributed by atoms with Crippen LogP contribution in [0, 0.1) is 11.3 Å². The molecule has 0 saturated carbocycles. The third-order valence-electron chi connectivity index (χ3n) is 14.2. The van der Waals surface area contributed by atoms with Crippen LogP contribution < -0.4 is 9.80 Å². The van der Waals surface area contributed by atoms with Crippen LogP contribution in [0.3, 0.4) is 0 Å². The largest absolute Gasteiger partial charge is 0.310 e. The molecule has 0 spiro atoms. The Morgan fingerprint density at radius 1 is 0.299 bits per heavy atom. The summed E-state index contributed by atoms with van der Waals surface area (Å²) in [6.07, 6.45) is 0. The zero-order chi connectivity index (χ0) is 51.5. The molecule has 0 bridgehead atoms. The highest BCUT2D eigenvalue weighted by Gasteiger charge is 2.21. The number of nitriles is 1. The van der Waals surface area contributed by atoms with Crippen molar-refractivity contribution in [3.05, 3.63) is 297 Å². The third kappa shape index (κ3) is 9.16. The van der Waals surface area contributed by atoms with Gasteiger partial charge in [-0.25, -0.2) is 9.97 Å². The van der Waals surface area contributed by atoms with Gasteiger partial charge in [0.15, 0.2) is 5.82 Å². The maximum Gasteiger partial charge on any atom is 0.160 e. The lowest BCUT2D eigenvalue weighted by molar-refractivity contribution is 1.18. The van der Waals surface area contributed by atoms with Gasteiger partial charge in [-0.2, -0.15) is 5.26 Å². The van der Waals surface area contributed by atoms with Gasteiger partial charge in [0.05, 0.1) is 34.1 Å². The van der Waals surface area contributed by atoms with Gasteiger partial charge >= 0.3 is 0 Å². The Morgan fingerprint density at radius 2 is 0.636 bits per heavy atom. The molecule has 0 radical (unpaired) electrons. The number of fused-ring (bicyclic) bond motifs is 3. The molecule has 0 unspecified atom stereocenters. The second-order valence-electron chi connectivity index (χ2n) is 19.0. The van der Waals surface area contributed by atoms with E-state index in [9.17, 15) is 5.26 Å². The zero-order valence-electron chi connectivity index (χ0n) is 41.9. The number of para-hydroxylation sites is 3. The fraction of sp³-hybridized carbons (Fsp3) is 0. The van der Waals surface area contributed by atoms with Gasteiger partial charge in [-0.15, -0.1) is 0 Å². The number of benzene rings is 11. The minimum Gasteiger partial charge on any atom is -0.310 e. The van der Waals surface area contributed by atoms with Gasteiger partial charge in [-0.1, -0.05) is 176 Å². The molecule has 6 heteroatoms. The van der Waals surface area contributed by atoms with Gasteiger partial charge in [0, 0.05) is 67.3 Å². The fourth-order valence-electron chi connectivity index (χ4n) is 10.4. The van der Waals surface area contributed by atoms with E-state index in [4.69, 9.17) is 9.97 Å². The first-order valence-corrected chi connectivity index (χ1v) is 25.8. The minimum atomic E-state index is 0.621. The van der Waals surface area contributed by atoms with Crippen LogP contribution in [-0.2, 0) is 0 Å². The summed E-state index contributed by atoms with van der Waals surface area (Å²) in [6.45, 7) is 0. The van der Waals surface area contributed by atoms with Crippen LogP contribution in [0.15, 0.2) is 291 Å². The lowest BCUT2D eigenvalue weighted by atomic mass is 9.98. The Labute approximate surface area is 448 Å². The highest BCUT2D eigenvalue weighted by atomic mass is 15.1. The molecule has 0 atom stereocenters. The molecule has 2 aromatic heterocycles. The first kappa shape index (κ1) is 46.2. The van der Waals surface area contributed by atoms with Gasteiger partial charge in [-0.3, -0.25) is 0 Å². The van der Waals surface area contributed by atoms with Crippen molar-refractivity contribution in [1.82, 2.24) is 14.5 Å². The number of aromatic nitrogens is 3. The summed E-state index contributed by atoms with van der Waals surface area (Å²) in [6, 6.07) is 104. The van der Waals surface area contributed by atoms with Crippen molar-refractivity contribution in [3.63, 3.8) is 0 Å². The molecule has 2 heterocycles. The summed E-state index contributed by atoms with van der Waals surface area (Å²) in [5, 5.41) is 11.9. The lowest BCUT2D eigenvalue weighted by Gasteiger charge is -2.26. The molecule has 0 aliphatic carbocycles. The lowest BCUT2D eigenvalue weighted by Crippen LogP contribution is -2.09. The summed E-state index contributed by atoms with van der Waals surface area (Å²) < 4.78 is 2.38. The Morgan fingerprint density at radius 3 is 1.05 bits per heavy atom. The highest BCUT2D eigenvalue weighted by Crippen LogP contribution is 2.43. The normalized spacial score (nSPS) is 11.1. The van der Waals surface area contributed by atoms with Crippen LogP contribution >= 0.6 is 0 Å². The number of anilines is 6. The first-order valence-electron chi connectivity index (χ1n) is 25.8. The maximum atomic E-state index is 9.67. The molecule has 0 amide bonds. The standard InChI is InChI=1S/C71H48N6/c72-49-50-26-38-61(39-27-50)76(60-24-14-5-15-25-60)64-43-45-70-66(47-64)65-46-63(75(58-20-10-3-11-21-58)59-22-12-4-13-23-59)42-44-69(65)77(70)62-40-36-54(37-41-62)52-30-28-51(29-31-52)53-32-34-56(35-33-53)68-48-67(55-16-6-1-7-17-55)73-71(74-68)57-18-8-2-9-19-57/h1-48H. The van der Waals surface area contributed by atoms with Crippen molar-refractivity contribution in [3.8, 4) is 67.9 Å². The van der Waals surface area contributed by atoms with Crippen LogP contribution in [0.4, 0.5) is 34.1 Å². The predicted molar refractivity (Wildman–Crippen MR) is 318 cm³/mol. The van der Waals surface area contributed by atoms with Gasteiger partial charge in [0.2, 0.25) is 0 Å². The quantitative estimate of drug-likeness (QED) is 0.122. The van der Waals surface area contributed by atoms with E-state index in [0.29, 0.717) is 11.4 Å². The van der Waals surface area contributed by atoms with Gasteiger partial charge in [-0.05, 0) is 138 Å². The Kier molecular flexibility index (Phi) is 12.2. The zero-order valence-corrected chi connectivity index (χ0v) is 41.9. The molecule has 6 nitrogen and oxygen atoms in total. The maximum absolute atomic E-state index is 9.67. The molecular formula is C71H48N6. The number of hydrogen-bond donors (Lipinski definition) is 0. The van der Waals surface area contributed by atoms with Crippen molar-refractivity contribution in [2.75, 3.05) is 9.80 Å². The fourth-order valence-corrected chi connectivity index (χ4v) is 10.4. The monoisotopic (exact) mass is 984 g/mol. The SMILES string of the molecule is N#Cc1ccc(N(c2ccccc2)c2ccc3c(c2)c2cc(N(c4ccccc4)c4ccccc4)ccc2n3-c2ccc(-c3ccc(-c4ccc(-c5cc(-c6ccccc6)nc(-c6ccccc6)n5)cc4)cc3)cc2)cc1. The molecule has 0 fully saturated rings. The van der Waals surface area contributed by atoms with E-state index < -0.39 is 0 Å². The average molecular weight is 985 g/mol. The average Bonchev–Trinajstić information content (AvgIpc) is 3.93. The van der Waals surface area contributed by atoms with Crippen LogP contribution in [-0.4, -0.2) is 14.5 Å². The van der Waals surface area contributed by atoms with E-state index in [0.717, 1.165) is 112 Å². The van der Waals surface area contributed by atoms with E-state index in [1.165, 1.54) is 0 Å². The molecule has 362 valence electrons. The molecule has 0 aliphatic rings. The van der Waals surface area contributed by atoms with Crippen molar-refractivity contribution in [1.29, 1.82) is 5.26 Å².